The first-order valence-corrected chi connectivity index (χ1v) is 7.25. The summed E-state index contributed by atoms with van der Waals surface area (Å²) in [6.45, 7) is 4.40. The van der Waals surface area contributed by atoms with Crippen LogP contribution in [0.1, 0.15) is 22.3 Å². The lowest BCUT2D eigenvalue weighted by molar-refractivity contribution is 0.303. The Morgan fingerprint density at radius 2 is 1.84 bits per heavy atom. The van der Waals surface area contributed by atoms with E-state index in [9.17, 15) is 4.39 Å². The standard InChI is InChI=1S/C16H16BrFO/c1-11-3-6-16(14(7-11)9-17)19-10-13-4-5-15(18)8-12(13)2/h3-8H,9-10H2,1-2H3. The molecule has 0 aromatic heterocycles. The number of halogens is 2. The molecule has 0 radical (unpaired) electrons. The maximum atomic E-state index is 13.0. The molecule has 0 bridgehead atoms. The highest BCUT2D eigenvalue weighted by molar-refractivity contribution is 9.08. The van der Waals surface area contributed by atoms with Crippen LogP contribution in [0.15, 0.2) is 36.4 Å². The average molecular weight is 323 g/mol. The molecule has 0 amide bonds. The predicted octanol–water partition coefficient (Wildman–Crippen LogP) is 4.92. The number of rotatable bonds is 4. The lowest BCUT2D eigenvalue weighted by atomic mass is 10.1. The Morgan fingerprint density at radius 3 is 2.53 bits per heavy atom. The number of ether oxygens (including phenoxy) is 1. The molecule has 0 atom stereocenters. The van der Waals surface area contributed by atoms with Crippen molar-refractivity contribution in [3.05, 3.63) is 64.5 Å². The van der Waals surface area contributed by atoms with E-state index < -0.39 is 0 Å². The fraction of sp³-hybridized carbons (Fsp3) is 0.250. The summed E-state index contributed by atoms with van der Waals surface area (Å²) < 4.78 is 18.9. The van der Waals surface area contributed by atoms with Crippen molar-refractivity contribution in [3.8, 4) is 5.75 Å². The van der Waals surface area contributed by atoms with E-state index in [-0.39, 0.29) is 5.82 Å². The minimum atomic E-state index is -0.210. The fourth-order valence-corrected chi connectivity index (χ4v) is 2.37. The summed E-state index contributed by atoms with van der Waals surface area (Å²) in [5, 5.41) is 0.756. The highest BCUT2D eigenvalue weighted by atomic mass is 79.9. The van der Waals surface area contributed by atoms with Crippen LogP contribution in [0.4, 0.5) is 4.39 Å². The first-order valence-electron chi connectivity index (χ1n) is 6.13. The van der Waals surface area contributed by atoms with Gasteiger partial charge in [0.15, 0.2) is 0 Å². The van der Waals surface area contributed by atoms with Gasteiger partial charge in [-0.2, -0.15) is 0 Å². The molecule has 0 spiro atoms. The highest BCUT2D eigenvalue weighted by Gasteiger charge is 2.05. The molecule has 0 N–H and O–H groups in total. The summed E-state index contributed by atoms with van der Waals surface area (Å²) in [5.74, 6) is 0.656. The van der Waals surface area contributed by atoms with Crippen molar-refractivity contribution in [1.29, 1.82) is 0 Å². The van der Waals surface area contributed by atoms with Gasteiger partial charge in [0.2, 0.25) is 0 Å². The van der Waals surface area contributed by atoms with Gasteiger partial charge in [0.25, 0.3) is 0 Å². The maximum Gasteiger partial charge on any atom is 0.123 e. The van der Waals surface area contributed by atoms with E-state index in [2.05, 4.69) is 28.9 Å². The molecule has 0 unspecified atom stereocenters. The Labute approximate surface area is 121 Å². The molecule has 2 rings (SSSR count). The van der Waals surface area contributed by atoms with E-state index in [0.29, 0.717) is 6.61 Å². The Balaban J connectivity index is 2.14. The van der Waals surface area contributed by atoms with E-state index >= 15 is 0 Å². The van der Waals surface area contributed by atoms with Gasteiger partial charge in [-0.15, -0.1) is 0 Å². The Hall–Kier alpha value is -1.35. The number of hydrogen-bond acceptors (Lipinski definition) is 1. The summed E-state index contributed by atoms with van der Waals surface area (Å²) in [6, 6.07) is 10.9. The van der Waals surface area contributed by atoms with Crippen molar-refractivity contribution >= 4 is 15.9 Å². The summed E-state index contributed by atoms with van der Waals surface area (Å²) >= 11 is 3.46. The van der Waals surface area contributed by atoms with E-state index in [4.69, 9.17) is 4.74 Å². The quantitative estimate of drug-likeness (QED) is 0.726. The SMILES string of the molecule is Cc1ccc(OCc2ccc(F)cc2C)c(CBr)c1. The molecule has 0 aliphatic rings. The summed E-state index contributed by atoms with van der Waals surface area (Å²) in [5.41, 5.74) is 4.24. The van der Waals surface area contributed by atoms with Crippen molar-refractivity contribution in [1.82, 2.24) is 0 Å². The van der Waals surface area contributed by atoms with Crippen LogP contribution in [-0.4, -0.2) is 0 Å². The second kappa shape index (κ2) is 6.20. The minimum Gasteiger partial charge on any atom is -0.489 e. The zero-order valence-electron chi connectivity index (χ0n) is 11.0. The second-order valence-electron chi connectivity index (χ2n) is 4.60. The van der Waals surface area contributed by atoms with Gasteiger partial charge in [0.1, 0.15) is 18.2 Å². The van der Waals surface area contributed by atoms with E-state index in [1.807, 2.05) is 19.1 Å². The Bertz CT molecular complexity index is 581. The molecule has 3 heteroatoms. The van der Waals surface area contributed by atoms with Gasteiger partial charge in [-0.25, -0.2) is 4.39 Å². The Kier molecular flexibility index (Phi) is 4.59. The Morgan fingerprint density at radius 1 is 1.05 bits per heavy atom. The van der Waals surface area contributed by atoms with Gasteiger partial charge in [0.05, 0.1) is 0 Å². The largest absolute Gasteiger partial charge is 0.489 e. The van der Waals surface area contributed by atoms with Gasteiger partial charge >= 0.3 is 0 Å². The molecular weight excluding hydrogens is 307 g/mol. The number of aryl methyl sites for hydroxylation is 2. The molecule has 0 aliphatic heterocycles. The topological polar surface area (TPSA) is 9.23 Å². The van der Waals surface area contributed by atoms with Crippen LogP contribution < -0.4 is 4.74 Å². The molecule has 0 aliphatic carbocycles. The van der Waals surface area contributed by atoms with Crippen molar-refractivity contribution < 1.29 is 9.13 Å². The zero-order chi connectivity index (χ0) is 13.8. The van der Waals surface area contributed by atoms with Gasteiger partial charge in [-0.3, -0.25) is 0 Å². The summed E-state index contributed by atoms with van der Waals surface area (Å²) in [7, 11) is 0. The predicted molar refractivity (Wildman–Crippen MR) is 79.3 cm³/mol. The van der Waals surface area contributed by atoms with Crippen LogP contribution in [0, 0.1) is 19.7 Å². The van der Waals surface area contributed by atoms with Crippen LogP contribution in [0.3, 0.4) is 0 Å². The molecular formula is C16H16BrFO. The fourth-order valence-electron chi connectivity index (χ4n) is 1.93. The normalized spacial score (nSPS) is 10.5. The zero-order valence-corrected chi connectivity index (χ0v) is 12.6. The van der Waals surface area contributed by atoms with Gasteiger partial charge in [-0.1, -0.05) is 39.7 Å². The highest BCUT2D eigenvalue weighted by Crippen LogP contribution is 2.24. The van der Waals surface area contributed by atoms with E-state index in [0.717, 1.165) is 27.8 Å². The van der Waals surface area contributed by atoms with Crippen LogP contribution in [0.25, 0.3) is 0 Å². The van der Waals surface area contributed by atoms with E-state index in [1.165, 1.54) is 17.7 Å². The average Bonchev–Trinajstić information content (AvgIpc) is 2.39. The van der Waals surface area contributed by atoms with Gasteiger partial charge in [0, 0.05) is 10.9 Å². The molecule has 0 saturated heterocycles. The van der Waals surface area contributed by atoms with Crippen LogP contribution in [-0.2, 0) is 11.9 Å². The third-order valence-corrected chi connectivity index (χ3v) is 3.65. The minimum absolute atomic E-state index is 0.210. The van der Waals surface area contributed by atoms with Gasteiger partial charge < -0.3 is 4.74 Å². The number of alkyl halides is 1. The molecule has 2 aromatic rings. The van der Waals surface area contributed by atoms with Crippen molar-refractivity contribution in [2.75, 3.05) is 0 Å². The van der Waals surface area contributed by atoms with Crippen LogP contribution >= 0.6 is 15.9 Å². The molecule has 2 aromatic carbocycles. The molecule has 19 heavy (non-hydrogen) atoms. The smallest absolute Gasteiger partial charge is 0.123 e. The van der Waals surface area contributed by atoms with Crippen LogP contribution in [0.2, 0.25) is 0 Å². The summed E-state index contributed by atoms with van der Waals surface area (Å²) in [6.07, 6.45) is 0. The molecule has 0 heterocycles. The molecule has 0 fully saturated rings. The monoisotopic (exact) mass is 322 g/mol. The first kappa shape index (κ1) is 14.1. The van der Waals surface area contributed by atoms with Crippen LogP contribution in [0.5, 0.6) is 5.75 Å². The molecule has 1 nitrogen and oxygen atoms in total. The molecule has 0 saturated carbocycles. The molecule has 100 valence electrons. The lowest BCUT2D eigenvalue weighted by Gasteiger charge is -2.12. The van der Waals surface area contributed by atoms with Crippen molar-refractivity contribution in [2.45, 2.75) is 25.8 Å². The number of hydrogen-bond donors (Lipinski definition) is 0. The van der Waals surface area contributed by atoms with Crippen molar-refractivity contribution in [3.63, 3.8) is 0 Å². The lowest BCUT2D eigenvalue weighted by Crippen LogP contribution is -2.00. The van der Waals surface area contributed by atoms with E-state index in [1.54, 1.807) is 6.07 Å². The van der Waals surface area contributed by atoms with Gasteiger partial charge in [-0.05, 0) is 43.2 Å². The number of benzene rings is 2. The third-order valence-electron chi connectivity index (χ3n) is 3.05. The third kappa shape index (κ3) is 3.57. The van der Waals surface area contributed by atoms with Crippen molar-refractivity contribution in [2.24, 2.45) is 0 Å². The second-order valence-corrected chi connectivity index (χ2v) is 5.17. The maximum absolute atomic E-state index is 13.0. The summed E-state index contributed by atoms with van der Waals surface area (Å²) in [4.78, 5) is 0. The first-order chi connectivity index (χ1) is 9.10.